The van der Waals surface area contributed by atoms with Gasteiger partial charge in [-0.25, -0.2) is 4.99 Å². The van der Waals surface area contributed by atoms with Crippen LogP contribution < -0.4 is 10.2 Å². The Bertz CT molecular complexity index is 3710. The number of hydrogen-bond acceptors (Lipinski definition) is 3. The first-order valence-electron chi connectivity index (χ1n) is 23.5. The highest BCUT2D eigenvalue weighted by Crippen LogP contribution is 2.57. The number of anilines is 3. The number of rotatable bonds is 9. The van der Waals surface area contributed by atoms with Crippen LogP contribution in [0.25, 0.3) is 60.9 Å². The molecule has 0 unspecified atom stereocenters. The predicted molar refractivity (Wildman–Crippen MR) is 298 cm³/mol. The van der Waals surface area contributed by atoms with Crippen molar-refractivity contribution in [3.05, 3.63) is 277 Å². The molecule has 1 aliphatic carbocycles. The van der Waals surface area contributed by atoms with Crippen molar-refractivity contribution in [3.8, 4) is 39.1 Å². The molecule has 0 radical (unpaired) electrons. The quantitative estimate of drug-likeness (QED) is 0.0888. The van der Waals surface area contributed by atoms with Crippen LogP contribution >= 0.6 is 20.7 Å². The number of para-hydroxylation sites is 1. The SMILES string of the molecule is C1=ICNC(c2ccc(N(c3ccc4c(c3)C(c3ccccc3)(c3ccccc3)c3ccccc3-4)c3ccc4c(c3)c3c(-c5ccccc5)ccc(-c5ccccc5)c3n4-c3ccccc3)cc2)=N1. The molecule has 1 aliphatic heterocycles. The molecule has 4 nitrogen and oxygen atoms in total. The van der Waals surface area contributed by atoms with E-state index in [0.29, 0.717) is 0 Å². The van der Waals surface area contributed by atoms with E-state index >= 15 is 0 Å². The van der Waals surface area contributed by atoms with E-state index in [1.54, 1.807) is 0 Å². The Labute approximate surface area is 412 Å². The molecular formula is C64H45IN4. The molecule has 13 rings (SSSR count). The maximum absolute atomic E-state index is 4.79. The fraction of sp³-hybridized carbons (Fsp3) is 0.0312. The van der Waals surface area contributed by atoms with Crippen LogP contribution in [-0.2, 0) is 5.41 Å². The van der Waals surface area contributed by atoms with E-state index in [1.807, 2.05) is 0 Å². The normalized spacial score (nSPS) is 13.5. The van der Waals surface area contributed by atoms with Crippen LogP contribution in [0.4, 0.5) is 17.1 Å². The van der Waals surface area contributed by atoms with Gasteiger partial charge in [-0.1, -0.05) is 203 Å². The van der Waals surface area contributed by atoms with E-state index in [4.69, 9.17) is 4.99 Å². The van der Waals surface area contributed by atoms with Crippen LogP contribution in [0.15, 0.2) is 254 Å². The van der Waals surface area contributed by atoms with Gasteiger partial charge in [0.1, 0.15) is 5.84 Å². The van der Waals surface area contributed by atoms with Crippen molar-refractivity contribution in [3.63, 3.8) is 0 Å². The average molecular weight is 997 g/mol. The molecule has 11 aromatic rings. The van der Waals surface area contributed by atoms with Crippen LogP contribution in [0, 0.1) is 0 Å². The van der Waals surface area contributed by atoms with Crippen LogP contribution in [0.3, 0.4) is 0 Å². The lowest BCUT2D eigenvalue weighted by Crippen LogP contribution is -2.28. The van der Waals surface area contributed by atoms with Crippen molar-refractivity contribution in [2.75, 3.05) is 9.45 Å². The lowest BCUT2D eigenvalue weighted by molar-refractivity contribution is 0.768. The third-order valence-electron chi connectivity index (χ3n) is 14.0. The Morgan fingerprint density at radius 1 is 0.449 bits per heavy atom. The van der Waals surface area contributed by atoms with Crippen LogP contribution in [0.5, 0.6) is 0 Å². The first-order valence-corrected chi connectivity index (χ1v) is 26.3. The lowest BCUT2D eigenvalue weighted by atomic mass is 9.67. The van der Waals surface area contributed by atoms with Crippen LogP contribution in [-0.4, -0.2) is 19.1 Å². The van der Waals surface area contributed by atoms with Gasteiger partial charge < -0.3 is 14.8 Å². The molecule has 2 aliphatic rings. The molecule has 0 fully saturated rings. The van der Waals surface area contributed by atoms with Gasteiger partial charge in [-0.3, -0.25) is 0 Å². The summed E-state index contributed by atoms with van der Waals surface area (Å²) in [5, 5.41) is 5.96. The maximum atomic E-state index is 4.79. The topological polar surface area (TPSA) is 32.6 Å². The number of nitrogens with zero attached hydrogens (tertiary/aromatic N) is 3. The molecule has 0 saturated carbocycles. The number of alkyl halides is 1. The molecule has 5 heteroatoms. The highest BCUT2D eigenvalue weighted by Gasteiger charge is 2.46. The van der Waals surface area contributed by atoms with Crippen molar-refractivity contribution in [2.45, 2.75) is 5.41 Å². The summed E-state index contributed by atoms with van der Waals surface area (Å²) in [5.74, 6) is 0.933. The van der Waals surface area contributed by atoms with Crippen molar-refractivity contribution in [2.24, 2.45) is 4.99 Å². The molecule has 69 heavy (non-hydrogen) atoms. The van der Waals surface area contributed by atoms with Crippen molar-refractivity contribution >= 4 is 69.6 Å². The summed E-state index contributed by atoms with van der Waals surface area (Å²) in [5.41, 5.74) is 19.5. The molecule has 0 saturated heterocycles. The molecule has 2 heterocycles. The zero-order valence-electron chi connectivity index (χ0n) is 37.7. The molecule has 1 N–H and O–H groups in total. The van der Waals surface area contributed by atoms with Crippen molar-refractivity contribution < 1.29 is 0 Å². The maximum Gasteiger partial charge on any atom is 0.134 e. The van der Waals surface area contributed by atoms with Gasteiger partial charge in [-0.15, -0.1) is 0 Å². The third-order valence-corrected chi connectivity index (χ3v) is 15.5. The number of amidine groups is 1. The van der Waals surface area contributed by atoms with E-state index in [0.717, 1.165) is 44.2 Å². The number of fused-ring (bicyclic) bond motifs is 6. The fourth-order valence-corrected chi connectivity index (χ4v) is 12.3. The second-order valence-electron chi connectivity index (χ2n) is 17.7. The van der Waals surface area contributed by atoms with Crippen LogP contribution in [0.1, 0.15) is 27.8 Å². The number of aliphatic imine (C=N–C) groups is 1. The van der Waals surface area contributed by atoms with Gasteiger partial charge in [0, 0.05) is 44.6 Å². The van der Waals surface area contributed by atoms with E-state index in [2.05, 4.69) is 268 Å². The Morgan fingerprint density at radius 3 is 1.65 bits per heavy atom. The number of aromatic nitrogens is 1. The largest absolute Gasteiger partial charge is 0.361 e. The van der Waals surface area contributed by atoms with Crippen molar-refractivity contribution in [1.29, 1.82) is 0 Å². The van der Waals surface area contributed by atoms with Gasteiger partial charge in [0.05, 0.1) is 25.1 Å². The summed E-state index contributed by atoms with van der Waals surface area (Å²) in [6.45, 7) is 0. The van der Waals surface area contributed by atoms with Gasteiger partial charge in [-0.05, 0) is 117 Å². The highest BCUT2D eigenvalue weighted by atomic mass is 127. The minimum atomic E-state index is -0.546. The van der Waals surface area contributed by atoms with Gasteiger partial charge in [0.25, 0.3) is 0 Å². The first kappa shape index (κ1) is 41.1. The van der Waals surface area contributed by atoms with Crippen molar-refractivity contribution in [1.82, 2.24) is 9.88 Å². The number of hydrogen-bond donors (Lipinski definition) is 1. The lowest BCUT2D eigenvalue weighted by Gasteiger charge is -2.35. The smallest absolute Gasteiger partial charge is 0.134 e. The van der Waals surface area contributed by atoms with E-state index < -0.39 is 5.41 Å². The van der Waals surface area contributed by atoms with E-state index in [1.165, 1.54) is 71.9 Å². The third kappa shape index (κ3) is 6.79. The minimum Gasteiger partial charge on any atom is -0.361 e. The van der Waals surface area contributed by atoms with Gasteiger partial charge in [0.15, 0.2) is 0 Å². The average Bonchev–Trinajstić information content (AvgIpc) is 3.93. The highest BCUT2D eigenvalue weighted by molar-refractivity contribution is 14.2. The monoisotopic (exact) mass is 996 g/mol. The predicted octanol–water partition coefficient (Wildman–Crippen LogP) is 16.0. The zero-order valence-corrected chi connectivity index (χ0v) is 39.8. The Hall–Kier alpha value is -8.13. The molecule has 328 valence electrons. The Morgan fingerprint density at radius 2 is 0.986 bits per heavy atom. The molecule has 10 aromatic carbocycles. The molecular weight excluding hydrogens is 952 g/mol. The number of benzene rings is 10. The molecule has 0 amide bonds. The summed E-state index contributed by atoms with van der Waals surface area (Å²) >= 11 is -0.0547. The van der Waals surface area contributed by atoms with Crippen LogP contribution in [0.2, 0.25) is 0 Å². The second-order valence-corrected chi connectivity index (χ2v) is 19.9. The summed E-state index contributed by atoms with van der Waals surface area (Å²) in [6, 6.07) is 91.5. The summed E-state index contributed by atoms with van der Waals surface area (Å²) in [6.07, 6.45) is 0. The molecule has 0 spiro atoms. The molecule has 1 aromatic heterocycles. The van der Waals surface area contributed by atoms with Gasteiger partial charge in [-0.2, -0.15) is 0 Å². The van der Waals surface area contributed by atoms with Gasteiger partial charge in [0.2, 0.25) is 0 Å². The summed E-state index contributed by atoms with van der Waals surface area (Å²) < 4.78 is 5.58. The Balaban J connectivity index is 1.10. The summed E-state index contributed by atoms with van der Waals surface area (Å²) in [4.78, 5) is 7.24. The standard InChI is InChI=1S/C64H45IN4/c1-6-18-44(19-7-1)53-37-38-54(45-20-8-2-9-21-45)62-61(53)57-40-51(35-39-60(57)69(62)49-26-14-5-15-27-49)68(50-32-30-46(31-33-50)63-66-42-65-43-67-63)52-34-36-56-55-28-16-17-29-58(55)64(59(56)41-52,47-22-10-3-11-23-47)48-24-12-4-13-25-48/h1-42H,43H2,(H,66,67). The number of halogens is 1. The van der Waals surface area contributed by atoms with E-state index in [-0.39, 0.29) is 20.7 Å². The zero-order chi connectivity index (χ0) is 45.7. The Kier molecular flexibility index (Phi) is 10.2. The fourth-order valence-electron chi connectivity index (χ4n) is 11.1. The molecule has 0 bridgehead atoms. The number of nitrogens with one attached hydrogen (secondary N) is 1. The first-order chi connectivity index (χ1) is 34.3. The summed E-state index contributed by atoms with van der Waals surface area (Å²) in [7, 11) is 0. The van der Waals surface area contributed by atoms with Gasteiger partial charge >= 0.3 is 0 Å². The van der Waals surface area contributed by atoms with E-state index in [9.17, 15) is 0 Å². The second kappa shape index (κ2) is 17.2. The molecule has 0 atom stereocenters. The minimum absolute atomic E-state index is 0.0547.